The highest BCUT2D eigenvalue weighted by molar-refractivity contribution is 5.90. The zero-order valence-corrected chi connectivity index (χ0v) is 8.03. The van der Waals surface area contributed by atoms with Crippen LogP contribution in [-0.4, -0.2) is 25.5 Å². The van der Waals surface area contributed by atoms with E-state index in [9.17, 15) is 0 Å². The Balaban J connectivity index is 2.18. The summed E-state index contributed by atoms with van der Waals surface area (Å²) in [4.78, 5) is 8.60. The molecule has 0 bridgehead atoms. The fraction of sp³-hybridized carbons (Fsp3) is 0.333. The van der Waals surface area contributed by atoms with Crippen LogP contribution < -0.4 is 0 Å². The zero-order valence-electron chi connectivity index (χ0n) is 8.03. The summed E-state index contributed by atoms with van der Waals surface area (Å²) in [5.74, 6) is 0. The van der Waals surface area contributed by atoms with Crippen molar-refractivity contribution in [2.75, 3.05) is 13.1 Å². The van der Waals surface area contributed by atoms with Gasteiger partial charge in [-0.15, -0.1) is 0 Å². The van der Waals surface area contributed by atoms with Crippen molar-refractivity contribution in [1.29, 1.82) is 0 Å². The first-order chi connectivity index (χ1) is 6.93. The van der Waals surface area contributed by atoms with E-state index in [1.165, 1.54) is 22.3 Å². The number of fused-ring (bicyclic) bond motifs is 2. The Morgan fingerprint density at radius 2 is 1.36 bits per heavy atom. The van der Waals surface area contributed by atoms with Crippen molar-refractivity contribution in [1.82, 2.24) is 0 Å². The third kappa shape index (κ3) is 1.18. The maximum absolute atomic E-state index is 4.30. The van der Waals surface area contributed by atoms with Gasteiger partial charge in [0.25, 0.3) is 0 Å². The lowest BCUT2D eigenvalue weighted by atomic mass is 9.93. The number of aliphatic imine (C=N–C) groups is 2. The van der Waals surface area contributed by atoms with Crippen molar-refractivity contribution in [3.63, 3.8) is 0 Å². The molecule has 2 aliphatic rings. The molecule has 1 aromatic carbocycles. The molecule has 0 unspecified atom stereocenters. The van der Waals surface area contributed by atoms with Crippen LogP contribution in [0.25, 0.3) is 0 Å². The minimum absolute atomic E-state index is 0.944. The third-order valence-corrected chi connectivity index (χ3v) is 2.88. The standard InChI is InChI=1S/C12H12N2/c1-3-13-7-11-6-12-8-14-4-2-10(12)5-9(1)11/h5-8H,1-4H2. The van der Waals surface area contributed by atoms with Crippen LogP contribution in [0, 0.1) is 0 Å². The van der Waals surface area contributed by atoms with Gasteiger partial charge in [0.1, 0.15) is 0 Å². The van der Waals surface area contributed by atoms with Crippen LogP contribution in [0.4, 0.5) is 0 Å². The van der Waals surface area contributed by atoms with Gasteiger partial charge in [-0.2, -0.15) is 0 Å². The molecule has 1 aromatic rings. The van der Waals surface area contributed by atoms with E-state index in [2.05, 4.69) is 22.1 Å². The van der Waals surface area contributed by atoms with Gasteiger partial charge in [0, 0.05) is 25.5 Å². The topological polar surface area (TPSA) is 24.7 Å². The molecule has 0 fully saturated rings. The van der Waals surface area contributed by atoms with E-state index < -0.39 is 0 Å². The lowest BCUT2D eigenvalue weighted by Gasteiger charge is -2.16. The summed E-state index contributed by atoms with van der Waals surface area (Å²) < 4.78 is 0. The predicted molar refractivity (Wildman–Crippen MR) is 58.8 cm³/mol. The number of hydrogen-bond donors (Lipinski definition) is 0. The van der Waals surface area contributed by atoms with Crippen molar-refractivity contribution >= 4 is 12.4 Å². The van der Waals surface area contributed by atoms with Gasteiger partial charge in [-0.25, -0.2) is 0 Å². The molecule has 0 radical (unpaired) electrons. The van der Waals surface area contributed by atoms with Crippen molar-refractivity contribution in [3.8, 4) is 0 Å². The normalized spacial score (nSPS) is 17.7. The smallest absolute Gasteiger partial charge is 0.0430 e. The van der Waals surface area contributed by atoms with Crippen LogP contribution >= 0.6 is 0 Å². The molecule has 0 saturated carbocycles. The van der Waals surface area contributed by atoms with E-state index >= 15 is 0 Å². The van der Waals surface area contributed by atoms with Crippen molar-refractivity contribution < 1.29 is 0 Å². The van der Waals surface area contributed by atoms with Gasteiger partial charge in [0.05, 0.1) is 0 Å². The Hall–Kier alpha value is -1.44. The van der Waals surface area contributed by atoms with Crippen LogP contribution in [0.2, 0.25) is 0 Å². The number of nitrogens with zero attached hydrogens (tertiary/aromatic N) is 2. The van der Waals surface area contributed by atoms with E-state index in [0.29, 0.717) is 0 Å². The van der Waals surface area contributed by atoms with E-state index in [1.807, 2.05) is 12.4 Å². The second-order valence-electron chi connectivity index (χ2n) is 3.82. The molecule has 0 aliphatic carbocycles. The van der Waals surface area contributed by atoms with E-state index in [1.54, 1.807) is 0 Å². The maximum atomic E-state index is 4.30. The molecule has 0 saturated heterocycles. The van der Waals surface area contributed by atoms with Crippen LogP contribution in [0.1, 0.15) is 22.3 Å². The van der Waals surface area contributed by atoms with Gasteiger partial charge in [-0.05, 0) is 41.2 Å². The third-order valence-electron chi connectivity index (χ3n) is 2.88. The second-order valence-corrected chi connectivity index (χ2v) is 3.82. The van der Waals surface area contributed by atoms with E-state index in [0.717, 1.165) is 25.9 Å². The maximum Gasteiger partial charge on any atom is 0.0430 e. The summed E-state index contributed by atoms with van der Waals surface area (Å²) in [6.45, 7) is 1.89. The molecule has 0 atom stereocenters. The molecule has 3 rings (SSSR count). The summed E-state index contributed by atoms with van der Waals surface area (Å²) in [6.07, 6.45) is 6.16. The molecule has 0 aromatic heterocycles. The minimum Gasteiger partial charge on any atom is -0.292 e. The highest BCUT2D eigenvalue weighted by Crippen LogP contribution is 2.20. The highest BCUT2D eigenvalue weighted by Gasteiger charge is 2.11. The monoisotopic (exact) mass is 184 g/mol. The summed E-state index contributed by atoms with van der Waals surface area (Å²) in [5.41, 5.74) is 5.47. The lowest BCUT2D eigenvalue weighted by Crippen LogP contribution is -2.09. The molecule has 2 aliphatic heterocycles. The highest BCUT2D eigenvalue weighted by atomic mass is 14.7. The van der Waals surface area contributed by atoms with Gasteiger partial charge < -0.3 is 0 Å². The lowest BCUT2D eigenvalue weighted by molar-refractivity contribution is 0.919. The molecule has 0 amide bonds. The average molecular weight is 184 g/mol. The molecule has 0 N–H and O–H groups in total. The van der Waals surface area contributed by atoms with Crippen LogP contribution in [0.5, 0.6) is 0 Å². The van der Waals surface area contributed by atoms with Gasteiger partial charge in [-0.1, -0.05) is 6.07 Å². The first-order valence-electron chi connectivity index (χ1n) is 5.09. The van der Waals surface area contributed by atoms with Crippen LogP contribution in [0.3, 0.4) is 0 Å². The number of benzene rings is 1. The Morgan fingerprint density at radius 3 is 1.93 bits per heavy atom. The largest absolute Gasteiger partial charge is 0.292 e. The van der Waals surface area contributed by atoms with Crippen molar-refractivity contribution in [3.05, 3.63) is 34.4 Å². The van der Waals surface area contributed by atoms with Crippen molar-refractivity contribution in [2.24, 2.45) is 9.98 Å². The van der Waals surface area contributed by atoms with Gasteiger partial charge in [-0.3, -0.25) is 9.98 Å². The van der Waals surface area contributed by atoms with Gasteiger partial charge >= 0.3 is 0 Å². The molecule has 2 heterocycles. The molecular formula is C12H12N2. The second kappa shape index (κ2) is 3.05. The molecule has 2 heteroatoms. The first-order valence-corrected chi connectivity index (χ1v) is 5.09. The Morgan fingerprint density at radius 1 is 0.786 bits per heavy atom. The van der Waals surface area contributed by atoms with E-state index in [-0.39, 0.29) is 0 Å². The molecular weight excluding hydrogens is 172 g/mol. The zero-order chi connectivity index (χ0) is 9.38. The van der Waals surface area contributed by atoms with Crippen molar-refractivity contribution in [2.45, 2.75) is 12.8 Å². The molecule has 2 nitrogen and oxygen atoms in total. The van der Waals surface area contributed by atoms with Gasteiger partial charge in [0.2, 0.25) is 0 Å². The Labute approximate surface area is 83.4 Å². The summed E-state index contributed by atoms with van der Waals surface area (Å²) in [6, 6.07) is 4.55. The summed E-state index contributed by atoms with van der Waals surface area (Å²) in [5, 5.41) is 0. The first kappa shape index (κ1) is 7.92. The fourth-order valence-corrected chi connectivity index (χ4v) is 2.10. The molecule has 70 valence electrons. The summed E-state index contributed by atoms with van der Waals surface area (Å²) in [7, 11) is 0. The van der Waals surface area contributed by atoms with E-state index in [4.69, 9.17) is 0 Å². The predicted octanol–water partition coefficient (Wildman–Crippen LogP) is 1.64. The van der Waals surface area contributed by atoms with Crippen LogP contribution in [0.15, 0.2) is 22.1 Å². The molecule has 14 heavy (non-hydrogen) atoms. The quantitative estimate of drug-likeness (QED) is 0.585. The fourth-order valence-electron chi connectivity index (χ4n) is 2.10. The summed E-state index contributed by atoms with van der Waals surface area (Å²) >= 11 is 0. The van der Waals surface area contributed by atoms with Crippen LogP contribution in [-0.2, 0) is 12.8 Å². The minimum atomic E-state index is 0.944. The Bertz CT molecular complexity index is 393. The SMILES string of the molecule is C1=NCCc2cc3c(cc21)C=NCC3. The average Bonchev–Trinajstić information content (AvgIpc) is 2.26. The number of hydrogen-bond acceptors (Lipinski definition) is 2. The van der Waals surface area contributed by atoms with Gasteiger partial charge in [0.15, 0.2) is 0 Å². The number of rotatable bonds is 0. The Kier molecular flexibility index (Phi) is 1.72. The molecule has 0 spiro atoms.